The Bertz CT molecular complexity index is 3120. The van der Waals surface area contributed by atoms with Crippen molar-refractivity contribution in [2.24, 2.45) is 0 Å². The standard InChI is InChI=1S/C54H34N6/c55-35-41-31-40(32-42(36-56)53(41)50-34-49(38-15-5-1-6-16-38)57-54(58-50)39-17-7-2-8-18-39)37-25-27-45(28-26-37)60-51-24-14-13-23-47(51)48-33-46(29-30-52(48)60)59(43-19-9-3-10-20-43)44-21-11-4-12-22-44/h1-34H. The summed E-state index contributed by atoms with van der Waals surface area (Å²) in [5.74, 6) is 0.519. The van der Waals surface area contributed by atoms with E-state index < -0.39 is 0 Å². The average Bonchev–Trinajstić information content (AvgIpc) is 3.66. The lowest BCUT2D eigenvalue weighted by molar-refractivity contribution is 1.18. The zero-order valence-electron chi connectivity index (χ0n) is 32.3. The predicted octanol–water partition coefficient (Wildman–Crippen LogP) is 13.5. The number of anilines is 3. The lowest BCUT2D eigenvalue weighted by Crippen LogP contribution is -2.09. The van der Waals surface area contributed by atoms with Crippen molar-refractivity contribution >= 4 is 38.9 Å². The van der Waals surface area contributed by atoms with Gasteiger partial charge in [0.05, 0.1) is 45.7 Å². The molecule has 280 valence electrons. The first-order valence-electron chi connectivity index (χ1n) is 19.7. The summed E-state index contributed by atoms with van der Waals surface area (Å²) in [6.07, 6.45) is 0. The van der Waals surface area contributed by atoms with Gasteiger partial charge in [-0.1, -0.05) is 127 Å². The van der Waals surface area contributed by atoms with Crippen LogP contribution < -0.4 is 4.90 Å². The minimum Gasteiger partial charge on any atom is -0.310 e. The van der Waals surface area contributed by atoms with Crippen LogP contribution in [0.15, 0.2) is 206 Å². The van der Waals surface area contributed by atoms with Crippen LogP contribution in [0, 0.1) is 22.7 Å². The highest BCUT2D eigenvalue weighted by atomic mass is 15.1. The van der Waals surface area contributed by atoms with Crippen molar-refractivity contribution in [1.29, 1.82) is 10.5 Å². The van der Waals surface area contributed by atoms with Gasteiger partial charge in [0, 0.05) is 50.2 Å². The van der Waals surface area contributed by atoms with Crippen molar-refractivity contribution in [3.63, 3.8) is 0 Å². The zero-order valence-corrected chi connectivity index (χ0v) is 32.3. The van der Waals surface area contributed by atoms with Crippen LogP contribution >= 0.6 is 0 Å². The van der Waals surface area contributed by atoms with Gasteiger partial charge in [0.15, 0.2) is 5.82 Å². The molecular weight excluding hydrogens is 733 g/mol. The Morgan fingerprint density at radius 2 is 0.933 bits per heavy atom. The van der Waals surface area contributed by atoms with Crippen molar-refractivity contribution in [3.05, 3.63) is 217 Å². The minimum absolute atomic E-state index is 0.364. The Labute approximate surface area is 347 Å². The summed E-state index contributed by atoms with van der Waals surface area (Å²) in [7, 11) is 0. The lowest BCUT2D eigenvalue weighted by atomic mass is 9.92. The van der Waals surface area contributed by atoms with Gasteiger partial charge in [-0.05, 0) is 90.0 Å². The minimum atomic E-state index is 0.364. The third-order valence-electron chi connectivity index (χ3n) is 10.9. The number of rotatable bonds is 8. The number of para-hydroxylation sites is 3. The second-order valence-electron chi connectivity index (χ2n) is 14.5. The summed E-state index contributed by atoms with van der Waals surface area (Å²) < 4.78 is 2.29. The molecule has 0 aliphatic heterocycles. The predicted molar refractivity (Wildman–Crippen MR) is 242 cm³/mol. The molecule has 8 aromatic carbocycles. The SMILES string of the molecule is N#Cc1cc(-c2ccc(-n3c4ccccc4c4cc(N(c5ccccc5)c5ccccc5)ccc43)cc2)cc(C#N)c1-c1cc(-c2ccccc2)nc(-c2ccccc2)n1. The van der Waals surface area contributed by atoms with E-state index in [1.165, 1.54) is 0 Å². The molecule has 0 aliphatic carbocycles. The number of hydrogen-bond acceptors (Lipinski definition) is 5. The molecule has 6 nitrogen and oxygen atoms in total. The summed E-state index contributed by atoms with van der Waals surface area (Å²) >= 11 is 0. The fourth-order valence-electron chi connectivity index (χ4n) is 8.09. The number of aromatic nitrogens is 3. The van der Waals surface area contributed by atoms with E-state index >= 15 is 0 Å². The van der Waals surface area contributed by atoms with Gasteiger partial charge in [0.2, 0.25) is 0 Å². The lowest BCUT2D eigenvalue weighted by Gasteiger charge is -2.25. The molecule has 6 heteroatoms. The highest BCUT2D eigenvalue weighted by Gasteiger charge is 2.20. The maximum Gasteiger partial charge on any atom is 0.160 e. The second kappa shape index (κ2) is 15.4. The fourth-order valence-corrected chi connectivity index (χ4v) is 8.09. The molecular formula is C54H34N6. The van der Waals surface area contributed by atoms with E-state index in [9.17, 15) is 10.5 Å². The number of hydrogen-bond donors (Lipinski definition) is 0. The Hall–Kier alpha value is -8.58. The Morgan fingerprint density at radius 1 is 0.400 bits per heavy atom. The molecule has 2 aromatic heterocycles. The van der Waals surface area contributed by atoms with Gasteiger partial charge in [-0.25, -0.2) is 9.97 Å². The van der Waals surface area contributed by atoms with Crippen LogP contribution in [0.4, 0.5) is 17.1 Å². The highest BCUT2D eigenvalue weighted by molar-refractivity contribution is 6.10. The fraction of sp³-hybridized carbons (Fsp3) is 0. The maximum absolute atomic E-state index is 10.6. The molecule has 2 heterocycles. The highest BCUT2D eigenvalue weighted by Crippen LogP contribution is 2.40. The molecule has 0 saturated heterocycles. The van der Waals surface area contributed by atoms with Gasteiger partial charge >= 0.3 is 0 Å². The van der Waals surface area contributed by atoms with Crippen LogP contribution in [-0.2, 0) is 0 Å². The largest absolute Gasteiger partial charge is 0.310 e. The molecule has 0 spiro atoms. The third-order valence-corrected chi connectivity index (χ3v) is 10.9. The van der Waals surface area contributed by atoms with Crippen molar-refractivity contribution in [2.75, 3.05) is 4.90 Å². The number of nitrogens with zero attached hydrogens (tertiary/aromatic N) is 6. The van der Waals surface area contributed by atoms with Crippen molar-refractivity contribution < 1.29 is 0 Å². The van der Waals surface area contributed by atoms with Gasteiger partial charge in [-0.2, -0.15) is 10.5 Å². The Balaban J connectivity index is 1.05. The molecule has 0 fully saturated rings. The van der Waals surface area contributed by atoms with Crippen LogP contribution in [0.1, 0.15) is 11.1 Å². The molecule has 0 amide bonds. The maximum atomic E-state index is 10.6. The molecule has 0 saturated carbocycles. The van der Waals surface area contributed by atoms with Crippen LogP contribution in [0.25, 0.3) is 72.5 Å². The third kappa shape index (κ3) is 6.51. The molecule has 0 bridgehead atoms. The van der Waals surface area contributed by atoms with E-state index in [1.807, 2.05) is 91.0 Å². The molecule has 0 aliphatic rings. The monoisotopic (exact) mass is 766 g/mol. The molecule has 0 atom stereocenters. The molecule has 10 aromatic rings. The van der Waals surface area contributed by atoms with E-state index in [2.05, 4.69) is 137 Å². The van der Waals surface area contributed by atoms with E-state index in [0.717, 1.165) is 66.8 Å². The quantitative estimate of drug-likeness (QED) is 0.154. The molecule has 60 heavy (non-hydrogen) atoms. The van der Waals surface area contributed by atoms with Gasteiger partial charge in [0.1, 0.15) is 0 Å². The van der Waals surface area contributed by atoms with Gasteiger partial charge in [-0.3, -0.25) is 0 Å². The average molecular weight is 767 g/mol. The number of benzene rings is 8. The second-order valence-corrected chi connectivity index (χ2v) is 14.5. The van der Waals surface area contributed by atoms with Crippen LogP contribution in [0.3, 0.4) is 0 Å². The van der Waals surface area contributed by atoms with Crippen LogP contribution in [0.5, 0.6) is 0 Å². The van der Waals surface area contributed by atoms with E-state index in [4.69, 9.17) is 9.97 Å². The zero-order chi connectivity index (χ0) is 40.4. The molecule has 10 rings (SSSR count). The normalized spacial score (nSPS) is 11.0. The first-order chi connectivity index (χ1) is 29.7. The van der Waals surface area contributed by atoms with Crippen molar-refractivity contribution in [3.8, 4) is 62.9 Å². The summed E-state index contributed by atoms with van der Waals surface area (Å²) in [5, 5.41) is 23.5. The summed E-state index contributed by atoms with van der Waals surface area (Å²) in [6, 6.07) is 74.3. The van der Waals surface area contributed by atoms with E-state index in [0.29, 0.717) is 33.9 Å². The first kappa shape index (κ1) is 35.8. The van der Waals surface area contributed by atoms with Gasteiger partial charge in [-0.15, -0.1) is 0 Å². The summed E-state index contributed by atoms with van der Waals surface area (Å²) in [5.41, 5.74) is 12.3. The van der Waals surface area contributed by atoms with Gasteiger partial charge in [0.25, 0.3) is 0 Å². The summed E-state index contributed by atoms with van der Waals surface area (Å²) in [4.78, 5) is 12.1. The van der Waals surface area contributed by atoms with E-state index in [-0.39, 0.29) is 0 Å². The van der Waals surface area contributed by atoms with Crippen LogP contribution in [0.2, 0.25) is 0 Å². The number of nitriles is 2. The van der Waals surface area contributed by atoms with Crippen molar-refractivity contribution in [2.45, 2.75) is 0 Å². The molecule has 0 unspecified atom stereocenters. The topological polar surface area (TPSA) is 81.5 Å². The first-order valence-corrected chi connectivity index (χ1v) is 19.7. The Morgan fingerprint density at radius 3 is 1.55 bits per heavy atom. The summed E-state index contributed by atoms with van der Waals surface area (Å²) in [6.45, 7) is 0. The molecule has 0 radical (unpaired) electrons. The van der Waals surface area contributed by atoms with E-state index in [1.54, 1.807) is 0 Å². The van der Waals surface area contributed by atoms with Crippen LogP contribution in [-0.4, -0.2) is 14.5 Å². The number of fused-ring (bicyclic) bond motifs is 3. The van der Waals surface area contributed by atoms with Crippen molar-refractivity contribution in [1.82, 2.24) is 14.5 Å². The Kier molecular flexibility index (Phi) is 9.19. The molecule has 0 N–H and O–H groups in total. The van der Waals surface area contributed by atoms with Gasteiger partial charge < -0.3 is 9.47 Å². The smallest absolute Gasteiger partial charge is 0.160 e.